The zero-order valence-corrected chi connectivity index (χ0v) is 15.9. The molecule has 3 heterocycles. The van der Waals surface area contributed by atoms with Crippen molar-refractivity contribution in [3.05, 3.63) is 64.3 Å². The summed E-state index contributed by atoms with van der Waals surface area (Å²) >= 11 is 0. The molecule has 4 rings (SSSR count). The summed E-state index contributed by atoms with van der Waals surface area (Å²) in [7, 11) is 0. The zero-order chi connectivity index (χ0) is 20.4. The van der Waals surface area contributed by atoms with Crippen molar-refractivity contribution in [1.82, 2.24) is 9.88 Å². The largest absolute Gasteiger partial charge is 0.363 e. The van der Waals surface area contributed by atoms with Gasteiger partial charge >= 0.3 is 0 Å². The second-order valence-electron chi connectivity index (χ2n) is 7.50. The van der Waals surface area contributed by atoms with Crippen LogP contribution in [0, 0.1) is 5.82 Å². The number of hydrogen-bond donors (Lipinski definition) is 1. The third-order valence-corrected chi connectivity index (χ3v) is 5.57. The molecule has 2 aliphatic rings. The highest BCUT2D eigenvalue weighted by Crippen LogP contribution is 2.33. The van der Waals surface area contributed by atoms with Crippen molar-refractivity contribution in [2.45, 2.75) is 24.9 Å². The lowest BCUT2D eigenvalue weighted by Crippen LogP contribution is -2.55. The Hall–Kier alpha value is -3.00. The Morgan fingerprint density at radius 1 is 1.07 bits per heavy atom. The summed E-state index contributed by atoms with van der Waals surface area (Å²) < 4.78 is 19.2. The molecule has 8 heteroatoms. The van der Waals surface area contributed by atoms with E-state index in [4.69, 9.17) is 4.74 Å². The lowest BCUT2D eigenvalue weighted by atomic mass is 9.92. The van der Waals surface area contributed by atoms with Gasteiger partial charge in [0, 0.05) is 24.8 Å². The lowest BCUT2D eigenvalue weighted by Gasteiger charge is -2.42. The van der Waals surface area contributed by atoms with Gasteiger partial charge in [-0.15, -0.1) is 0 Å². The molecule has 0 saturated carbocycles. The number of carbonyl (C=O) groups is 2. The molecule has 2 aromatic rings. The number of aromatic amines is 1. The van der Waals surface area contributed by atoms with Gasteiger partial charge in [0.2, 0.25) is 5.56 Å². The maximum absolute atomic E-state index is 13.2. The van der Waals surface area contributed by atoms with Crippen LogP contribution in [0.3, 0.4) is 0 Å². The number of likely N-dealkylation sites (tertiary alicyclic amines) is 1. The zero-order valence-electron chi connectivity index (χ0n) is 15.9. The van der Waals surface area contributed by atoms with Crippen LogP contribution in [-0.4, -0.2) is 53.5 Å². The predicted molar refractivity (Wildman–Crippen MR) is 104 cm³/mol. The molecule has 29 heavy (non-hydrogen) atoms. The van der Waals surface area contributed by atoms with Crippen molar-refractivity contribution in [1.29, 1.82) is 0 Å². The minimum atomic E-state index is -0.554. The van der Waals surface area contributed by atoms with Crippen LogP contribution in [0.5, 0.6) is 0 Å². The van der Waals surface area contributed by atoms with E-state index in [1.54, 1.807) is 34.1 Å². The van der Waals surface area contributed by atoms with E-state index in [2.05, 4.69) is 4.98 Å². The Kier molecular flexibility index (Phi) is 5.19. The van der Waals surface area contributed by atoms with Gasteiger partial charge in [-0.05, 0) is 49.6 Å². The number of anilines is 1. The maximum Gasteiger partial charge on any atom is 0.270 e. The second-order valence-corrected chi connectivity index (χ2v) is 7.50. The van der Waals surface area contributed by atoms with E-state index in [0.29, 0.717) is 44.6 Å². The highest BCUT2D eigenvalue weighted by molar-refractivity contribution is 5.95. The van der Waals surface area contributed by atoms with Crippen molar-refractivity contribution >= 4 is 17.5 Å². The molecule has 0 bridgehead atoms. The van der Waals surface area contributed by atoms with Gasteiger partial charge in [0.15, 0.2) is 0 Å². The highest BCUT2D eigenvalue weighted by Gasteiger charge is 2.42. The van der Waals surface area contributed by atoms with Crippen LogP contribution in [0.25, 0.3) is 0 Å². The first-order valence-electron chi connectivity index (χ1n) is 9.64. The minimum absolute atomic E-state index is 0.0443. The summed E-state index contributed by atoms with van der Waals surface area (Å²) in [6.45, 7) is 1.32. The number of nitrogens with zero attached hydrogens (tertiary/aromatic N) is 2. The number of aromatic nitrogens is 1. The van der Waals surface area contributed by atoms with Crippen molar-refractivity contribution in [3.8, 4) is 0 Å². The first-order chi connectivity index (χ1) is 14.0. The van der Waals surface area contributed by atoms with Gasteiger partial charge in [0.05, 0.1) is 12.1 Å². The smallest absolute Gasteiger partial charge is 0.270 e. The fraction of sp³-hybridized carbons (Fsp3) is 0.381. The van der Waals surface area contributed by atoms with Gasteiger partial charge in [0.1, 0.15) is 18.1 Å². The first kappa shape index (κ1) is 19.3. The highest BCUT2D eigenvalue weighted by atomic mass is 19.1. The van der Waals surface area contributed by atoms with Crippen molar-refractivity contribution in [2.24, 2.45) is 0 Å². The van der Waals surface area contributed by atoms with E-state index in [1.807, 2.05) is 0 Å². The number of rotatable bonds is 2. The van der Waals surface area contributed by atoms with Gasteiger partial charge in [-0.2, -0.15) is 0 Å². The molecule has 152 valence electrons. The topological polar surface area (TPSA) is 82.7 Å². The fourth-order valence-electron chi connectivity index (χ4n) is 3.99. The Bertz CT molecular complexity index is 974. The van der Waals surface area contributed by atoms with Gasteiger partial charge < -0.3 is 19.5 Å². The Morgan fingerprint density at radius 3 is 2.62 bits per heavy atom. The van der Waals surface area contributed by atoms with E-state index < -0.39 is 5.60 Å². The number of hydrogen-bond acceptors (Lipinski definition) is 4. The standard InChI is InChI=1S/C21H22FN3O4/c22-15-5-7-16(8-6-15)25-14-21(29-13-19(25)27)9-2-11-24(12-10-21)20(28)17-3-1-4-18(26)23-17/h1,3-8H,2,9-14H2,(H,23,26). The van der Waals surface area contributed by atoms with Gasteiger partial charge in [-0.25, -0.2) is 4.39 Å². The molecule has 1 unspecified atom stereocenters. The summed E-state index contributed by atoms with van der Waals surface area (Å²) in [5, 5.41) is 0. The van der Waals surface area contributed by atoms with Crippen molar-refractivity contribution < 1.29 is 18.7 Å². The SMILES string of the molecule is O=C(c1cccc(=O)[nH]1)N1CCCC2(CC1)CN(c1ccc(F)cc1)C(=O)CO2. The average Bonchev–Trinajstić information content (AvgIpc) is 2.93. The maximum atomic E-state index is 13.2. The first-order valence-corrected chi connectivity index (χ1v) is 9.64. The number of ether oxygens (including phenoxy) is 1. The molecule has 2 aliphatic heterocycles. The predicted octanol–water partition coefficient (Wildman–Crippen LogP) is 1.94. The van der Waals surface area contributed by atoms with Crippen molar-refractivity contribution in [2.75, 3.05) is 31.1 Å². The molecule has 1 atom stereocenters. The normalized spacial score (nSPS) is 22.6. The molecule has 2 fully saturated rings. The Morgan fingerprint density at radius 2 is 1.86 bits per heavy atom. The summed E-state index contributed by atoms with van der Waals surface area (Å²) in [5.74, 6) is -0.741. The molecule has 1 aromatic heterocycles. The molecular formula is C21H22FN3O4. The molecule has 0 radical (unpaired) electrons. The number of carbonyl (C=O) groups excluding carboxylic acids is 2. The molecule has 7 nitrogen and oxygen atoms in total. The van der Waals surface area contributed by atoms with Gasteiger partial charge in [0.25, 0.3) is 11.8 Å². The van der Waals surface area contributed by atoms with Gasteiger partial charge in [-0.3, -0.25) is 14.4 Å². The molecule has 0 aliphatic carbocycles. The molecular weight excluding hydrogens is 377 g/mol. The van der Waals surface area contributed by atoms with E-state index >= 15 is 0 Å². The van der Waals surface area contributed by atoms with E-state index in [0.717, 1.165) is 0 Å². The summed E-state index contributed by atoms with van der Waals surface area (Å²) in [6.07, 6.45) is 1.99. The number of pyridine rings is 1. The van der Waals surface area contributed by atoms with Crippen LogP contribution in [-0.2, 0) is 9.53 Å². The fourth-order valence-corrected chi connectivity index (χ4v) is 3.99. The third kappa shape index (κ3) is 4.07. The van der Waals surface area contributed by atoms with Gasteiger partial charge in [-0.1, -0.05) is 6.07 Å². The third-order valence-electron chi connectivity index (χ3n) is 5.57. The van der Waals surface area contributed by atoms with Crippen LogP contribution in [0.4, 0.5) is 10.1 Å². The number of benzene rings is 1. The number of amides is 2. The van der Waals surface area contributed by atoms with Crippen LogP contribution in [0.2, 0.25) is 0 Å². The van der Waals surface area contributed by atoms with Crippen LogP contribution >= 0.6 is 0 Å². The number of halogens is 1. The van der Waals surface area contributed by atoms with E-state index in [-0.39, 0.29) is 35.5 Å². The van der Waals surface area contributed by atoms with Crippen molar-refractivity contribution in [3.63, 3.8) is 0 Å². The quantitative estimate of drug-likeness (QED) is 0.837. The monoisotopic (exact) mass is 399 g/mol. The Labute approximate surface area is 167 Å². The number of nitrogens with one attached hydrogen (secondary N) is 1. The molecule has 1 spiro atoms. The molecule has 1 aromatic carbocycles. The minimum Gasteiger partial charge on any atom is -0.363 e. The summed E-state index contributed by atoms with van der Waals surface area (Å²) in [4.78, 5) is 42.6. The van der Waals surface area contributed by atoms with E-state index in [1.165, 1.54) is 18.2 Å². The van der Waals surface area contributed by atoms with E-state index in [9.17, 15) is 18.8 Å². The molecule has 2 amide bonds. The summed E-state index contributed by atoms with van der Waals surface area (Å²) in [5.41, 5.74) is 0.0342. The van der Waals surface area contributed by atoms with Crippen LogP contribution < -0.4 is 10.5 Å². The molecule has 1 N–H and O–H groups in total. The molecule has 2 saturated heterocycles. The second kappa shape index (κ2) is 7.79. The van der Waals surface area contributed by atoms with Crippen LogP contribution in [0.15, 0.2) is 47.3 Å². The lowest BCUT2D eigenvalue weighted by molar-refractivity contribution is -0.140. The number of H-pyrrole nitrogens is 1. The average molecular weight is 399 g/mol. The number of morpholine rings is 1. The Balaban J connectivity index is 1.49. The van der Waals surface area contributed by atoms with Crippen LogP contribution in [0.1, 0.15) is 29.8 Å². The summed E-state index contributed by atoms with van der Waals surface area (Å²) in [6, 6.07) is 10.4.